The maximum atomic E-state index is 12.4. The van der Waals surface area contributed by atoms with E-state index >= 15 is 0 Å². The van der Waals surface area contributed by atoms with Gasteiger partial charge in [0.05, 0.1) is 18.2 Å². The van der Waals surface area contributed by atoms with E-state index in [1.165, 1.54) is 12.8 Å². The normalized spacial score (nSPS) is 17.2. The van der Waals surface area contributed by atoms with Gasteiger partial charge in [0.25, 0.3) is 0 Å². The Bertz CT molecular complexity index is 559. The molecule has 1 fully saturated rings. The first-order valence-corrected chi connectivity index (χ1v) is 8.97. The number of ether oxygens (including phenoxy) is 1. The van der Waals surface area contributed by atoms with Crippen molar-refractivity contribution >= 4 is 17.5 Å². The van der Waals surface area contributed by atoms with Crippen molar-refractivity contribution < 1.29 is 14.3 Å². The lowest BCUT2D eigenvalue weighted by atomic mass is 10.1. The largest absolute Gasteiger partial charge is 0.492 e. The predicted octanol–water partition coefficient (Wildman–Crippen LogP) is 3.13. The molecule has 1 saturated heterocycles. The molecule has 2 rings (SSSR count). The van der Waals surface area contributed by atoms with Gasteiger partial charge < -0.3 is 15.0 Å². The summed E-state index contributed by atoms with van der Waals surface area (Å²) in [6.45, 7) is 5.73. The van der Waals surface area contributed by atoms with E-state index < -0.39 is 0 Å². The molecule has 1 aromatic rings. The van der Waals surface area contributed by atoms with Gasteiger partial charge in [-0.15, -0.1) is 0 Å². The number of carbonyl (C=O) groups excluding carboxylic acids is 2. The van der Waals surface area contributed by atoms with Crippen molar-refractivity contribution in [3.63, 3.8) is 0 Å². The number of para-hydroxylation sites is 2. The van der Waals surface area contributed by atoms with E-state index in [0.29, 0.717) is 25.4 Å². The Morgan fingerprint density at radius 3 is 2.79 bits per heavy atom. The fraction of sp³-hybridized carbons (Fsp3) is 0.579. The van der Waals surface area contributed by atoms with Gasteiger partial charge in [0.15, 0.2) is 0 Å². The number of hydrogen-bond donors (Lipinski definition) is 1. The van der Waals surface area contributed by atoms with Crippen LogP contribution in [0.15, 0.2) is 24.3 Å². The van der Waals surface area contributed by atoms with E-state index in [4.69, 9.17) is 4.74 Å². The van der Waals surface area contributed by atoms with Crippen molar-refractivity contribution in [2.45, 2.75) is 46.0 Å². The smallest absolute Gasteiger partial charge is 0.227 e. The molecule has 24 heavy (non-hydrogen) atoms. The van der Waals surface area contributed by atoms with E-state index in [1.807, 2.05) is 31.2 Å². The summed E-state index contributed by atoms with van der Waals surface area (Å²) in [6.07, 6.45) is 4.77. The molecule has 5 heteroatoms. The number of carbonyl (C=O) groups is 2. The Morgan fingerprint density at radius 1 is 1.25 bits per heavy atom. The third-order valence-corrected chi connectivity index (χ3v) is 4.28. The van der Waals surface area contributed by atoms with E-state index in [2.05, 4.69) is 12.2 Å². The van der Waals surface area contributed by atoms with Crippen LogP contribution in [-0.4, -0.2) is 31.5 Å². The van der Waals surface area contributed by atoms with Crippen molar-refractivity contribution in [1.29, 1.82) is 0 Å². The topological polar surface area (TPSA) is 58.6 Å². The molecule has 1 N–H and O–H groups in total. The minimum absolute atomic E-state index is 0.0174. The highest BCUT2D eigenvalue weighted by Gasteiger charge is 2.36. The van der Waals surface area contributed by atoms with Crippen LogP contribution in [0.5, 0.6) is 5.75 Å². The van der Waals surface area contributed by atoms with Crippen molar-refractivity contribution in [1.82, 2.24) is 5.32 Å². The molecule has 0 aliphatic carbocycles. The summed E-state index contributed by atoms with van der Waals surface area (Å²) in [7, 11) is 0. The van der Waals surface area contributed by atoms with Crippen LogP contribution in [0.2, 0.25) is 0 Å². The molecular weight excluding hydrogens is 304 g/mol. The molecule has 5 nitrogen and oxygen atoms in total. The highest BCUT2D eigenvalue weighted by atomic mass is 16.5. The predicted molar refractivity (Wildman–Crippen MR) is 95.2 cm³/mol. The zero-order chi connectivity index (χ0) is 17.4. The van der Waals surface area contributed by atoms with Gasteiger partial charge in [-0.3, -0.25) is 9.59 Å². The van der Waals surface area contributed by atoms with E-state index in [-0.39, 0.29) is 24.2 Å². The Morgan fingerprint density at radius 2 is 2.04 bits per heavy atom. The van der Waals surface area contributed by atoms with Crippen molar-refractivity contribution in [2.75, 3.05) is 24.6 Å². The molecule has 1 heterocycles. The van der Waals surface area contributed by atoms with E-state index in [1.54, 1.807) is 4.90 Å². The molecule has 0 bridgehead atoms. The van der Waals surface area contributed by atoms with Gasteiger partial charge in [0.2, 0.25) is 11.8 Å². The van der Waals surface area contributed by atoms with Crippen LogP contribution < -0.4 is 15.0 Å². The molecule has 0 aromatic heterocycles. The van der Waals surface area contributed by atoms with E-state index in [0.717, 1.165) is 18.5 Å². The van der Waals surface area contributed by atoms with Crippen LogP contribution in [0.4, 0.5) is 5.69 Å². The van der Waals surface area contributed by atoms with Gasteiger partial charge in [-0.05, 0) is 25.5 Å². The maximum Gasteiger partial charge on any atom is 0.227 e. The molecule has 1 atom stereocenters. The summed E-state index contributed by atoms with van der Waals surface area (Å²) in [5.41, 5.74) is 0.752. The summed E-state index contributed by atoms with van der Waals surface area (Å²) in [5.74, 6) is 0.372. The lowest BCUT2D eigenvalue weighted by Crippen LogP contribution is -2.33. The molecule has 132 valence electrons. The third-order valence-electron chi connectivity index (χ3n) is 4.28. The molecule has 1 aromatic carbocycles. The lowest BCUT2D eigenvalue weighted by Gasteiger charge is -2.20. The first-order chi connectivity index (χ1) is 11.7. The highest BCUT2D eigenvalue weighted by molar-refractivity contribution is 6.01. The third kappa shape index (κ3) is 4.73. The molecule has 0 spiro atoms. The minimum atomic E-state index is -0.279. The maximum absolute atomic E-state index is 12.4. The summed E-state index contributed by atoms with van der Waals surface area (Å²) >= 11 is 0. The second kappa shape index (κ2) is 9.30. The molecule has 1 aliphatic rings. The van der Waals surface area contributed by atoms with Gasteiger partial charge in [-0.1, -0.05) is 38.3 Å². The number of nitrogens with zero attached hydrogens (tertiary/aromatic N) is 1. The fourth-order valence-electron chi connectivity index (χ4n) is 2.98. The number of hydrogen-bond acceptors (Lipinski definition) is 3. The SMILES string of the molecule is CCCCCCNC(=O)C1CC(=O)N(c2ccccc2OCC)C1. The quantitative estimate of drug-likeness (QED) is 0.707. The second-order valence-corrected chi connectivity index (χ2v) is 6.16. The monoisotopic (exact) mass is 332 g/mol. The average Bonchev–Trinajstić information content (AvgIpc) is 2.97. The van der Waals surface area contributed by atoms with Gasteiger partial charge in [-0.2, -0.15) is 0 Å². The Balaban J connectivity index is 1.92. The summed E-state index contributed by atoms with van der Waals surface area (Å²) in [6, 6.07) is 7.49. The molecule has 1 unspecified atom stereocenters. The van der Waals surface area contributed by atoms with Crippen LogP contribution in [0.1, 0.15) is 46.0 Å². The number of nitrogens with one attached hydrogen (secondary N) is 1. The summed E-state index contributed by atoms with van der Waals surface area (Å²) < 4.78 is 5.60. The second-order valence-electron chi connectivity index (χ2n) is 6.16. The number of unbranched alkanes of at least 4 members (excludes halogenated alkanes) is 3. The van der Waals surface area contributed by atoms with Crippen LogP contribution >= 0.6 is 0 Å². The Labute approximate surface area is 144 Å². The summed E-state index contributed by atoms with van der Waals surface area (Å²) in [4.78, 5) is 26.3. The first kappa shape index (κ1) is 18.3. The zero-order valence-corrected chi connectivity index (χ0v) is 14.7. The molecule has 0 saturated carbocycles. The van der Waals surface area contributed by atoms with E-state index in [9.17, 15) is 9.59 Å². The van der Waals surface area contributed by atoms with Crippen LogP contribution in [0.25, 0.3) is 0 Å². The Hall–Kier alpha value is -2.04. The standard InChI is InChI=1S/C19H28N2O3/c1-3-5-6-9-12-20-19(23)15-13-18(22)21(14-15)16-10-7-8-11-17(16)24-4-2/h7-8,10-11,15H,3-6,9,12-14H2,1-2H3,(H,20,23). The van der Waals surface area contributed by atoms with Gasteiger partial charge in [0, 0.05) is 19.5 Å². The average molecular weight is 332 g/mol. The lowest BCUT2D eigenvalue weighted by molar-refractivity contribution is -0.126. The van der Waals surface area contributed by atoms with Crippen molar-refractivity contribution in [3.05, 3.63) is 24.3 Å². The van der Waals surface area contributed by atoms with Crippen LogP contribution in [0.3, 0.4) is 0 Å². The van der Waals surface area contributed by atoms with Gasteiger partial charge in [0.1, 0.15) is 5.75 Å². The number of rotatable bonds is 9. The number of benzene rings is 1. The highest BCUT2D eigenvalue weighted by Crippen LogP contribution is 2.33. The van der Waals surface area contributed by atoms with Crippen LogP contribution in [-0.2, 0) is 9.59 Å². The summed E-state index contributed by atoms with van der Waals surface area (Å²) in [5, 5.41) is 2.97. The Kier molecular flexibility index (Phi) is 7.09. The molecule has 0 radical (unpaired) electrons. The number of anilines is 1. The molecular formula is C19H28N2O3. The van der Waals surface area contributed by atoms with Gasteiger partial charge >= 0.3 is 0 Å². The van der Waals surface area contributed by atoms with Crippen LogP contribution in [0, 0.1) is 5.92 Å². The molecule has 2 amide bonds. The van der Waals surface area contributed by atoms with Gasteiger partial charge in [-0.25, -0.2) is 0 Å². The molecule has 1 aliphatic heterocycles. The number of amides is 2. The fourth-order valence-corrected chi connectivity index (χ4v) is 2.98. The minimum Gasteiger partial charge on any atom is -0.492 e. The van der Waals surface area contributed by atoms with Crippen molar-refractivity contribution in [3.8, 4) is 5.75 Å². The zero-order valence-electron chi connectivity index (χ0n) is 14.7. The first-order valence-electron chi connectivity index (χ1n) is 8.97. The van der Waals surface area contributed by atoms with Crippen molar-refractivity contribution in [2.24, 2.45) is 5.92 Å².